The summed E-state index contributed by atoms with van der Waals surface area (Å²) >= 11 is 1.01. The fourth-order valence-corrected chi connectivity index (χ4v) is 4.93. The van der Waals surface area contributed by atoms with Crippen LogP contribution in [-0.2, 0) is 4.79 Å². The molecule has 1 fully saturated rings. The summed E-state index contributed by atoms with van der Waals surface area (Å²) in [6.07, 6.45) is 4.53. The minimum Gasteiger partial charge on any atom is -0.351 e. The molecule has 0 spiro atoms. The topological polar surface area (TPSA) is 118 Å². The standard InChI is InChI=1S/C25H26FN5O4S/c1-15-12-13-18(14-20(15)26)30(25(33)22-16(2)36-29-28-22)23(19-10-6-7-11-21(19)31(34)35)24(32)27-17-8-4-3-5-9-17/h6-7,10-14,17,23H,3-5,8-9H2,1-2H3,(H,27,32). The Balaban J connectivity index is 1.90. The van der Waals surface area contributed by atoms with Gasteiger partial charge in [0.05, 0.1) is 15.4 Å². The largest absolute Gasteiger partial charge is 0.351 e. The van der Waals surface area contributed by atoms with Gasteiger partial charge in [0.1, 0.15) is 11.9 Å². The molecular formula is C25H26FN5O4S. The number of nitrogens with zero attached hydrogens (tertiary/aromatic N) is 4. The summed E-state index contributed by atoms with van der Waals surface area (Å²) in [7, 11) is 0. The number of aromatic nitrogens is 2. The van der Waals surface area contributed by atoms with Crippen molar-refractivity contribution in [3.8, 4) is 0 Å². The highest BCUT2D eigenvalue weighted by Gasteiger charge is 2.39. The lowest BCUT2D eigenvalue weighted by atomic mass is 9.94. The first-order valence-corrected chi connectivity index (χ1v) is 12.5. The van der Waals surface area contributed by atoms with Crippen molar-refractivity contribution in [1.82, 2.24) is 14.9 Å². The van der Waals surface area contributed by atoms with Crippen molar-refractivity contribution in [2.24, 2.45) is 0 Å². The summed E-state index contributed by atoms with van der Waals surface area (Å²) in [4.78, 5) is 40.7. The smallest absolute Gasteiger partial charge is 0.281 e. The molecule has 1 atom stereocenters. The average Bonchev–Trinajstić information content (AvgIpc) is 3.30. The Labute approximate surface area is 211 Å². The Morgan fingerprint density at radius 3 is 2.53 bits per heavy atom. The van der Waals surface area contributed by atoms with Gasteiger partial charge in [0.2, 0.25) is 5.91 Å². The number of anilines is 1. The number of nitro benzene ring substituents is 1. The van der Waals surface area contributed by atoms with Crippen LogP contribution >= 0.6 is 11.5 Å². The lowest BCUT2D eigenvalue weighted by molar-refractivity contribution is -0.385. The van der Waals surface area contributed by atoms with Crippen LogP contribution in [0, 0.1) is 29.8 Å². The highest BCUT2D eigenvalue weighted by molar-refractivity contribution is 7.05. The summed E-state index contributed by atoms with van der Waals surface area (Å²) in [5.41, 5.74) is 0.129. The molecule has 2 amide bonds. The Kier molecular flexibility index (Phi) is 7.68. The SMILES string of the molecule is Cc1ccc(N(C(=O)c2nnsc2C)C(C(=O)NC2CCCCC2)c2ccccc2[N+](=O)[O-])cc1F. The molecule has 1 aromatic heterocycles. The molecule has 36 heavy (non-hydrogen) atoms. The number of hydrogen-bond acceptors (Lipinski definition) is 7. The van der Waals surface area contributed by atoms with Gasteiger partial charge in [0.15, 0.2) is 5.69 Å². The van der Waals surface area contributed by atoms with Crippen molar-refractivity contribution in [3.63, 3.8) is 0 Å². The van der Waals surface area contributed by atoms with E-state index in [1.165, 1.54) is 30.3 Å². The molecule has 0 aliphatic heterocycles. The normalized spacial score (nSPS) is 14.8. The molecule has 1 aliphatic carbocycles. The van der Waals surface area contributed by atoms with Crippen molar-refractivity contribution in [3.05, 3.63) is 80.1 Å². The van der Waals surface area contributed by atoms with Crippen molar-refractivity contribution >= 4 is 34.7 Å². The van der Waals surface area contributed by atoms with E-state index in [1.54, 1.807) is 19.9 Å². The predicted octanol–water partition coefficient (Wildman–Crippen LogP) is 5.04. The molecule has 3 aromatic rings. The first-order valence-electron chi connectivity index (χ1n) is 11.7. The van der Waals surface area contributed by atoms with Crippen LogP contribution in [0.4, 0.5) is 15.8 Å². The number of halogens is 1. The maximum Gasteiger partial charge on any atom is 0.281 e. The van der Waals surface area contributed by atoms with E-state index in [0.29, 0.717) is 10.4 Å². The monoisotopic (exact) mass is 511 g/mol. The van der Waals surface area contributed by atoms with Crippen LogP contribution in [0.25, 0.3) is 0 Å². The maximum atomic E-state index is 14.7. The molecule has 1 N–H and O–H groups in total. The van der Waals surface area contributed by atoms with Crippen LogP contribution in [0.1, 0.15) is 64.6 Å². The lowest BCUT2D eigenvalue weighted by Gasteiger charge is -2.33. The average molecular weight is 512 g/mol. The van der Waals surface area contributed by atoms with E-state index in [-0.39, 0.29) is 28.7 Å². The number of aryl methyl sites for hydroxylation is 2. The molecule has 1 heterocycles. The van der Waals surface area contributed by atoms with Crippen LogP contribution in [0.15, 0.2) is 42.5 Å². The van der Waals surface area contributed by atoms with Gasteiger partial charge in [0.25, 0.3) is 11.6 Å². The van der Waals surface area contributed by atoms with Crippen molar-refractivity contribution in [2.45, 2.75) is 58.0 Å². The summed E-state index contributed by atoms with van der Waals surface area (Å²) < 4.78 is 18.5. The third-order valence-corrected chi connectivity index (χ3v) is 7.02. The molecule has 1 saturated carbocycles. The van der Waals surface area contributed by atoms with Gasteiger partial charge >= 0.3 is 0 Å². The minimum absolute atomic E-state index is 0.00460. The fraction of sp³-hybridized carbons (Fsp3) is 0.360. The zero-order chi connectivity index (χ0) is 25.8. The molecule has 2 aromatic carbocycles. The van der Waals surface area contributed by atoms with E-state index in [2.05, 4.69) is 14.9 Å². The number of carbonyl (C=O) groups excluding carboxylic acids is 2. The Morgan fingerprint density at radius 2 is 1.89 bits per heavy atom. The predicted molar refractivity (Wildman–Crippen MR) is 133 cm³/mol. The van der Waals surface area contributed by atoms with E-state index in [1.807, 2.05) is 0 Å². The first kappa shape index (κ1) is 25.4. The van der Waals surface area contributed by atoms with E-state index in [0.717, 1.165) is 54.6 Å². The van der Waals surface area contributed by atoms with Crippen LogP contribution in [-0.4, -0.2) is 32.4 Å². The molecule has 11 heteroatoms. The third-order valence-electron chi connectivity index (χ3n) is 6.39. The van der Waals surface area contributed by atoms with Crippen molar-refractivity contribution < 1.29 is 18.9 Å². The minimum atomic E-state index is -1.44. The van der Waals surface area contributed by atoms with E-state index < -0.39 is 28.6 Å². The Hall–Kier alpha value is -3.73. The van der Waals surface area contributed by atoms with Gasteiger partial charge in [-0.3, -0.25) is 24.6 Å². The quantitative estimate of drug-likeness (QED) is 0.351. The Bertz CT molecular complexity index is 1290. The second kappa shape index (κ2) is 10.9. The third kappa shape index (κ3) is 5.25. The first-order chi connectivity index (χ1) is 17.3. The highest BCUT2D eigenvalue weighted by Crippen LogP contribution is 2.36. The Morgan fingerprint density at radius 1 is 1.17 bits per heavy atom. The maximum absolute atomic E-state index is 14.7. The second-order valence-corrected chi connectivity index (χ2v) is 9.81. The van der Waals surface area contributed by atoms with Gasteiger partial charge in [-0.25, -0.2) is 4.39 Å². The number of carbonyl (C=O) groups is 2. The van der Waals surface area contributed by atoms with Gasteiger partial charge in [-0.1, -0.05) is 41.9 Å². The highest BCUT2D eigenvalue weighted by atomic mass is 32.1. The summed E-state index contributed by atoms with van der Waals surface area (Å²) in [6, 6.07) is 8.38. The number of nitro groups is 1. The molecule has 1 aliphatic rings. The molecule has 0 radical (unpaired) electrons. The molecule has 188 valence electrons. The molecule has 9 nitrogen and oxygen atoms in total. The van der Waals surface area contributed by atoms with E-state index in [4.69, 9.17) is 0 Å². The fourth-order valence-electron chi connectivity index (χ4n) is 4.47. The number of rotatable bonds is 7. The number of hydrogen-bond donors (Lipinski definition) is 1. The van der Waals surface area contributed by atoms with Crippen molar-refractivity contribution in [1.29, 1.82) is 0 Å². The molecule has 4 rings (SSSR count). The van der Waals surface area contributed by atoms with Crippen molar-refractivity contribution in [2.75, 3.05) is 4.90 Å². The summed E-state index contributed by atoms with van der Waals surface area (Å²) in [5, 5.41) is 18.9. The molecule has 0 saturated heterocycles. The number of para-hydroxylation sites is 1. The van der Waals surface area contributed by atoms with Crippen LogP contribution in [0.2, 0.25) is 0 Å². The van der Waals surface area contributed by atoms with Crippen LogP contribution < -0.4 is 10.2 Å². The second-order valence-electron chi connectivity index (χ2n) is 8.85. The lowest BCUT2D eigenvalue weighted by Crippen LogP contribution is -2.47. The molecule has 1 unspecified atom stereocenters. The number of amides is 2. The summed E-state index contributed by atoms with van der Waals surface area (Å²) in [5.74, 6) is -1.86. The zero-order valence-corrected chi connectivity index (χ0v) is 20.8. The van der Waals surface area contributed by atoms with Gasteiger partial charge in [-0.05, 0) is 62.0 Å². The molecular weight excluding hydrogens is 485 g/mol. The van der Waals surface area contributed by atoms with Gasteiger partial charge in [-0.2, -0.15) is 0 Å². The van der Waals surface area contributed by atoms with Gasteiger partial charge < -0.3 is 5.32 Å². The van der Waals surface area contributed by atoms with Crippen LogP contribution in [0.3, 0.4) is 0 Å². The van der Waals surface area contributed by atoms with Crippen LogP contribution in [0.5, 0.6) is 0 Å². The number of nitrogens with one attached hydrogen (secondary N) is 1. The van der Waals surface area contributed by atoms with E-state index in [9.17, 15) is 24.1 Å². The zero-order valence-electron chi connectivity index (χ0n) is 19.9. The van der Waals surface area contributed by atoms with E-state index >= 15 is 0 Å². The van der Waals surface area contributed by atoms with Gasteiger partial charge in [0, 0.05) is 17.8 Å². The summed E-state index contributed by atoms with van der Waals surface area (Å²) in [6.45, 7) is 3.24. The van der Waals surface area contributed by atoms with Gasteiger partial charge in [-0.15, -0.1) is 5.10 Å². The molecule has 0 bridgehead atoms. The number of benzene rings is 2.